The van der Waals surface area contributed by atoms with Crippen molar-refractivity contribution in [2.24, 2.45) is 0 Å². The number of hydrogen-bond acceptors (Lipinski definition) is 3. The molecule has 114 valence electrons. The van der Waals surface area contributed by atoms with Crippen molar-refractivity contribution in [2.45, 2.75) is 13.0 Å². The zero-order valence-corrected chi connectivity index (χ0v) is 13.3. The van der Waals surface area contributed by atoms with Gasteiger partial charge in [0.05, 0.1) is 21.7 Å². The molecule has 0 radical (unpaired) electrons. The number of nitro groups is 1. The minimum atomic E-state index is -0.482. The molecule has 0 saturated heterocycles. The van der Waals surface area contributed by atoms with Crippen LogP contribution in [0.3, 0.4) is 0 Å². The lowest BCUT2D eigenvalue weighted by atomic mass is 10.1. The molecule has 2 N–H and O–H groups in total. The Labute approximate surface area is 138 Å². The number of nitrogens with one attached hydrogen (secondary N) is 2. The van der Waals surface area contributed by atoms with E-state index in [4.69, 9.17) is 23.8 Å². The van der Waals surface area contributed by atoms with Gasteiger partial charge >= 0.3 is 0 Å². The van der Waals surface area contributed by atoms with Crippen LogP contribution in [0.2, 0.25) is 5.02 Å². The van der Waals surface area contributed by atoms with Gasteiger partial charge < -0.3 is 10.6 Å². The van der Waals surface area contributed by atoms with Gasteiger partial charge in [0.25, 0.3) is 5.69 Å². The van der Waals surface area contributed by atoms with Crippen LogP contribution < -0.4 is 10.6 Å². The fourth-order valence-corrected chi connectivity index (χ4v) is 2.35. The fourth-order valence-electron chi connectivity index (χ4n) is 1.90. The smallest absolute Gasteiger partial charge is 0.271 e. The van der Waals surface area contributed by atoms with Gasteiger partial charge in [0.1, 0.15) is 0 Å². The molecule has 22 heavy (non-hydrogen) atoms. The third-order valence-corrected chi connectivity index (χ3v) is 3.61. The second-order valence-electron chi connectivity index (χ2n) is 4.65. The largest absolute Gasteiger partial charge is 0.356 e. The van der Waals surface area contributed by atoms with Crippen LogP contribution in [0.5, 0.6) is 0 Å². The van der Waals surface area contributed by atoms with Crippen LogP contribution in [-0.2, 0) is 0 Å². The number of benzene rings is 2. The molecule has 0 aliphatic rings. The van der Waals surface area contributed by atoms with Crippen LogP contribution in [0.4, 0.5) is 11.4 Å². The van der Waals surface area contributed by atoms with Crippen LogP contribution >= 0.6 is 23.8 Å². The number of rotatable bonds is 4. The summed E-state index contributed by atoms with van der Waals surface area (Å²) < 4.78 is 0. The van der Waals surface area contributed by atoms with Crippen LogP contribution in [0.15, 0.2) is 48.5 Å². The Morgan fingerprint density at radius 1 is 1.27 bits per heavy atom. The molecule has 0 heterocycles. The lowest BCUT2D eigenvalue weighted by molar-refractivity contribution is -0.384. The predicted molar refractivity (Wildman–Crippen MR) is 92.3 cm³/mol. The maximum atomic E-state index is 10.8. The molecule has 0 aliphatic heterocycles. The third kappa shape index (κ3) is 4.16. The maximum Gasteiger partial charge on any atom is 0.271 e. The van der Waals surface area contributed by atoms with E-state index < -0.39 is 4.92 Å². The normalized spacial score (nSPS) is 11.5. The van der Waals surface area contributed by atoms with Crippen molar-refractivity contribution in [1.82, 2.24) is 5.32 Å². The highest BCUT2D eigenvalue weighted by Crippen LogP contribution is 2.26. The Morgan fingerprint density at radius 3 is 2.59 bits per heavy atom. The fraction of sp³-hybridized carbons (Fsp3) is 0.133. The molecule has 2 aromatic carbocycles. The number of nitro benzene ring substituents is 1. The molecule has 0 fully saturated rings. The molecule has 5 nitrogen and oxygen atoms in total. The molecule has 0 unspecified atom stereocenters. The zero-order chi connectivity index (χ0) is 16.1. The highest BCUT2D eigenvalue weighted by Gasteiger charge is 2.12. The van der Waals surface area contributed by atoms with Crippen LogP contribution in [0, 0.1) is 10.1 Å². The van der Waals surface area contributed by atoms with E-state index in [2.05, 4.69) is 10.6 Å². The van der Waals surface area contributed by atoms with Crippen LogP contribution in [-0.4, -0.2) is 10.0 Å². The van der Waals surface area contributed by atoms with Crippen molar-refractivity contribution < 1.29 is 4.92 Å². The third-order valence-electron chi connectivity index (χ3n) is 3.06. The van der Waals surface area contributed by atoms with Gasteiger partial charge in [-0.3, -0.25) is 10.1 Å². The molecule has 7 heteroatoms. The van der Waals surface area contributed by atoms with Crippen LogP contribution in [0.25, 0.3) is 0 Å². The molecule has 2 aromatic rings. The molecule has 0 aromatic heterocycles. The molecular formula is C15H14ClN3O2S. The molecule has 1 atom stereocenters. The Bertz CT molecular complexity index is 694. The van der Waals surface area contributed by atoms with Gasteiger partial charge in [-0.1, -0.05) is 41.9 Å². The molecule has 0 bridgehead atoms. The van der Waals surface area contributed by atoms with E-state index >= 15 is 0 Å². The van der Waals surface area contributed by atoms with E-state index in [1.807, 2.05) is 37.3 Å². The second-order valence-corrected chi connectivity index (χ2v) is 5.47. The summed E-state index contributed by atoms with van der Waals surface area (Å²) in [5.41, 5.74) is 1.43. The highest BCUT2D eigenvalue weighted by atomic mass is 35.5. The van der Waals surface area contributed by atoms with Crippen LogP contribution in [0.1, 0.15) is 18.5 Å². The second kappa shape index (κ2) is 7.20. The minimum absolute atomic E-state index is 0.00123. The Morgan fingerprint density at radius 2 is 1.95 bits per heavy atom. The summed E-state index contributed by atoms with van der Waals surface area (Å²) in [4.78, 5) is 10.3. The first-order valence-corrected chi connectivity index (χ1v) is 7.32. The van der Waals surface area contributed by atoms with Crippen molar-refractivity contribution in [3.05, 3.63) is 69.2 Å². The lowest BCUT2D eigenvalue weighted by Crippen LogP contribution is -2.31. The van der Waals surface area contributed by atoms with Gasteiger partial charge in [-0.2, -0.15) is 0 Å². The Balaban J connectivity index is 2.06. The summed E-state index contributed by atoms with van der Waals surface area (Å²) in [5.74, 6) is 0. The summed E-state index contributed by atoms with van der Waals surface area (Å²) in [5, 5.41) is 17.5. The number of thiocarbonyl (C=S) groups is 1. The standard InChI is InChI=1S/C15H14ClN3O2S/c1-10(11-5-3-2-4-6-11)17-15(22)18-14-9-12(19(20)21)7-8-13(14)16/h2-10H,1H3,(H2,17,18,22)/t10-/m0/s1. The van der Waals surface area contributed by atoms with E-state index in [0.29, 0.717) is 15.8 Å². The summed E-state index contributed by atoms with van der Waals surface area (Å²) in [7, 11) is 0. The number of nitrogens with zero attached hydrogens (tertiary/aromatic N) is 1. The van der Waals surface area contributed by atoms with E-state index in [0.717, 1.165) is 5.56 Å². The summed E-state index contributed by atoms with van der Waals surface area (Å²) in [6, 6.07) is 14.0. The summed E-state index contributed by atoms with van der Waals surface area (Å²) in [6.45, 7) is 1.97. The van der Waals surface area contributed by atoms with Gasteiger partial charge in [-0.25, -0.2) is 0 Å². The van der Waals surface area contributed by atoms with Gasteiger partial charge in [-0.05, 0) is 30.8 Å². The first kappa shape index (κ1) is 16.2. The van der Waals surface area contributed by atoms with E-state index in [1.165, 1.54) is 18.2 Å². The van der Waals surface area contributed by atoms with Gasteiger partial charge in [0, 0.05) is 12.1 Å². The minimum Gasteiger partial charge on any atom is -0.356 e. The SMILES string of the molecule is C[C@H](NC(=S)Nc1cc([N+](=O)[O-])ccc1Cl)c1ccccc1. The molecule has 2 rings (SSSR count). The number of anilines is 1. The van der Waals surface area contributed by atoms with Crippen molar-refractivity contribution in [2.75, 3.05) is 5.32 Å². The quantitative estimate of drug-likeness (QED) is 0.495. The monoisotopic (exact) mass is 335 g/mol. The first-order chi connectivity index (χ1) is 10.5. The maximum absolute atomic E-state index is 10.8. The number of non-ortho nitro benzene ring substituents is 1. The van der Waals surface area contributed by atoms with E-state index in [1.54, 1.807) is 0 Å². The van der Waals surface area contributed by atoms with Gasteiger partial charge in [0.15, 0.2) is 5.11 Å². The van der Waals surface area contributed by atoms with Crippen molar-refractivity contribution in [3.8, 4) is 0 Å². The van der Waals surface area contributed by atoms with Gasteiger partial charge in [0.2, 0.25) is 0 Å². The average Bonchev–Trinajstić information content (AvgIpc) is 2.50. The van der Waals surface area contributed by atoms with E-state index in [9.17, 15) is 10.1 Å². The molecule has 0 aliphatic carbocycles. The van der Waals surface area contributed by atoms with Crippen molar-refractivity contribution in [1.29, 1.82) is 0 Å². The highest BCUT2D eigenvalue weighted by molar-refractivity contribution is 7.80. The Kier molecular flexibility index (Phi) is 5.30. The van der Waals surface area contributed by atoms with Crippen molar-refractivity contribution in [3.63, 3.8) is 0 Å². The predicted octanol–water partition coefficient (Wildman–Crippen LogP) is 4.30. The first-order valence-electron chi connectivity index (χ1n) is 6.54. The molecular weight excluding hydrogens is 322 g/mol. The number of hydrogen-bond donors (Lipinski definition) is 2. The zero-order valence-electron chi connectivity index (χ0n) is 11.7. The Hall–Kier alpha value is -2.18. The topological polar surface area (TPSA) is 67.2 Å². The summed E-state index contributed by atoms with van der Waals surface area (Å²) in [6.07, 6.45) is 0. The summed E-state index contributed by atoms with van der Waals surface area (Å²) >= 11 is 11.3. The van der Waals surface area contributed by atoms with E-state index in [-0.39, 0.29) is 11.7 Å². The molecule has 0 saturated carbocycles. The van der Waals surface area contributed by atoms with Crippen molar-refractivity contribution >= 4 is 40.3 Å². The number of halogens is 1. The average molecular weight is 336 g/mol. The molecule has 0 amide bonds. The lowest BCUT2D eigenvalue weighted by Gasteiger charge is -2.17. The molecule has 0 spiro atoms. The van der Waals surface area contributed by atoms with Gasteiger partial charge in [-0.15, -0.1) is 0 Å².